The second-order valence-electron chi connectivity index (χ2n) is 8.03. The normalized spacial score (nSPS) is 26.2. The van der Waals surface area contributed by atoms with Gasteiger partial charge in [0.1, 0.15) is 0 Å². The van der Waals surface area contributed by atoms with Gasteiger partial charge in [-0.3, -0.25) is 0 Å². The molecule has 3 heteroatoms. The van der Waals surface area contributed by atoms with Crippen molar-refractivity contribution in [2.75, 3.05) is 6.61 Å². The van der Waals surface area contributed by atoms with E-state index in [4.69, 9.17) is 17.3 Å². The molecule has 2 atom stereocenters. The molecule has 0 aromatic heterocycles. The van der Waals surface area contributed by atoms with Crippen molar-refractivity contribution in [3.05, 3.63) is 34.3 Å². The predicted molar refractivity (Wildman–Crippen MR) is 94.1 cm³/mol. The minimum Gasteiger partial charge on any atom is -0.396 e. The topological polar surface area (TPSA) is 46.2 Å². The van der Waals surface area contributed by atoms with Crippen LogP contribution in [0.2, 0.25) is 5.02 Å². The Morgan fingerprint density at radius 2 is 2.05 bits per heavy atom. The summed E-state index contributed by atoms with van der Waals surface area (Å²) in [5, 5.41) is 10.5. The lowest BCUT2D eigenvalue weighted by atomic mass is 9.69. The summed E-state index contributed by atoms with van der Waals surface area (Å²) in [6, 6.07) is 6.28. The van der Waals surface area contributed by atoms with Gasteiger partial charge in [0.05, 0.1) is 0 Å². The Bertz CT molecular complexity index is 509. The van der Waals surface area contributed by atoms with Crippen molar-refractivity contribution in [2.45, 2.75) is 64.8 Å². The molecule has 0 aliphatic heterocycles. The zero-order chi connectivity index (χ0) is 16.4. The van der Waals surface area contributed by atoms with E-state index in [1.54, 1.807) is 0 Å². The molecule has 124 valence electrons. The van der Waals surface area contributed by atoms with Crippen molar-refractivity contribution in [1.29, 1.82) is 0 Å². The Labute approximate surface area is 140 Å². The fourth-order valence-corrected chi connectivity index (χ4v) is 3.73. The fourth-order valence-electron chi connectivity index (χ4n) is 3.45. The summed E-state index contributed by atoms with van der Waals surface area (Å²) >= 11 is 6.51. The van der Waals surface area contributed by atoms with Gasteiger partial charge < -0.3 is 10.8 Å². The van der Waals surface area contributed by atoms with Crippen LogP contribution in [0, 0.1) is 11.3 Å². The lowest BCUT2D eigenvalue weighted by molar-refractivity contribution is 0.108. The third-order valence-electron chi connectivity index (χ3n) is 5.08. The van der Waals surface area contributed by atoms with Crippen LogP contribution in [0.1, 0.15) is 64.0 Å². The minimum absolute atomic E-state index is 0.137. The molecule has 2 nitrogen and oxygen atoms in total. The van der Waals surface area contributed by atoms with Crippen LogP contribution in [0.15, 0.2) is 18.2 Å². The molecule has 1 aliphatic carbocycles. The van der Waals surface area contributed by atoms with Crippen molar-refractivity contribution >= 4 is 11.6 Å². The molecule has 2 rings (SSSR count). The molecular weight excluding hydrogens is 294 g/mol. The number of benzene rings is 1. The second kappa shape index (κ2) is 6.90. The Hall–Kier alpha value is -0.570. The lowest BCUT2D eigenvalue weighted by Gasteiger charge is -2.41. The van der Waals surface area contributed by atoms with E-state index in [0.717, 1.165) is 49.1 Å². The van der Waals surface area contributed by atoms with Crippen LogP contribution < -0.4 is 5.73 Å². The molecule has 1 aromatic carbocycles. The number of aliphatic hydroxyl groups excluding tert-OH is 1. The number of hydrogen-bond donors (Lipinski definition) is 2. The summed E-state index contributed by atoms with van der Waals surface area (Å²) in [5.41, 5.74) is 8.83. The van der Waals surface area contributed by atoms with Crippen LogP contribution in [0.5, 0.6) is 0 Å². The van der Waals surface area contributed by atoms with Gasteiger partial charge in [-0.1, -0.05) is 57.3 Å². The van der Waals surface area contributed by atoms with Crippen molar-refractivity contribution < 1.29 is 5.11 Å². The monoisotopic (exact) mass is 323 g/mol. The summed E-state index contributed by atoms with van der Waals surface area (Å²) in [5.74, 6) is 0.137. The summed E-state index contributed by atoms with van der Waals surface area (Å²) in [6.45, 7) is 6.90. The average molecular weight is 324 g/mol. The Kier molecular flexibility index (Phi) is 5.58. The molecule has 1 unspecified atom stereocenters. The van der Waals surface area contributed by atoms with E-state index in [1.165, 1.54) is 5.56 Å². The van der Waals surface area contributed by atoms with Crippen LogP contribution in [-0.2, 0) is 12.0 Å². The molecule has 0 saturated heterocycles. The molecule has 1 saturated carbocycles. The number of aliphatic hydroxyl groups is 1. The van der Waals surface area contributed by atoms with Gasteiger partial charge in [0, 0.05) is 23.1 Å². The number of nitrogens with two attached hydrogens (primary N) is 1. The van der Waals surface area contributed by atoms with Crippen LogP contribution in [-0.4, -0.2) is 11.7 Å². The molecule has 0 amide bonds. The highest BCUT2D eigenvalue weighted by Gasteiger charge is 2.38. The van der Waals surface area contributed by atoms with Gasteiger partial charge in [-0.05, 0) is 48.3 Å². The first-order chi connectivity index (χ1) is 10.3. The Balaban J connectivity index is 2.21. The fraction of sp³-hybridized carbons (Fsp3) is 0.684. The van der Waals surface area contributed by atoms with Gasteiger partial charge in [0.2, 0.25) is 0 Å². The molecule has 3 N–H and O–H groups in total. The van der Waals surface area contributed by atoms with E-state index in [0.29, 0.717) is 5.41 Å². The molecule has 0 radical (unpaired) electrons. The van der Waals surface area contributed by atoms with Gasteiger partial charge in [0.25, 0.3) is 0 Å². The molecule has 1 aliphatic rings. The zero-order valence-corrected chi connectivity index (χ0v) is 14.9. The first-order valence-corrected chi connectivity index (χ1v) is 8.83. The molecule has 1 aromatic rings. The third kappa shape index (κ3) is 4.04. The number of rotatable bonds is 4. The first kappa shape index (κ1) is 17.8. The summed E-state index contributed by atoms with van der Waals surface area (Å²) < 4.78 is 0. The number of aryl methyl sites for hydroxylation is 1. The van der Waals surface area contributed by atoms with Gasteiger partial charge in [0.15, 0.2) is 0 Å². The van der Waals surface area contributed by atoms with E-state index in [9.17, 15) is 5.11 Å². The van der Waals surface area contributed by atoms with E-state index in [2.05, 4.69) is 32.9 Å². The number of hydrogen-bond acceptors (Lipinski definition) is 2. The summed E-state index contributed by atoms with van der Waals surface area (Å²) in [6.07, 6.45) is 6.30. The zero-order valence-electron chi connectivity index (χ0n) is 14.2. The van der Waals surface area contributed by atoms with Crippen molar-refractivity contribution in [2.24, 2.45) is 17.1 Å². The highest BCUT2D eigenvalue weighted by molar-refractivity contribution is 6.31. The Morgan fingerprint density at radius 3 is 2.64 bits per heavy atom. The van der Waals surface area contributed by atoms with Crippen molar-refractivity contribution in [3.8, 4) is 0 Å². The van der Waals surface area contributed by atoms with Gasteiger partial charge in [-0.15, -0.1) is 0 Å². The highest BCUT2D eigenvalue weighted by Crippen LogP contribution is 2.40. The highest BCUT2D eigenvalue weighted by atomic mass is 35.5. The molecule has 1 fully saturated rings. The molecule has 0 heterocycles. The van der Waals surface area contributed by atoms with Crippen LogP contribution in [0.25, 0.3) is 0 Å². The second-order valence-corrected chi connectivity index (χ2v) is 8.44. The van der Waals surface area contributed by atoms with Gasteiger partial charge >= 0.3 is 0 Å². The first-order valence-electron chi connectivity index (χ1n) is 8.45. The quantitative estimate of drug-likeness (QED) is 0.846. The minimum atomic E-state index is -0.431. The van der Waals surface area contributed by atoms with E-state index < -0.39 is 5.54 Å². The van der Waals surface area contributed by atoms with Crippen LogP contribution >= 0.6 is 11.6 Å². The average Bonchev–Trinajstić information content (AvgIpc) is 2.45. The molecule has 0 bridgehead atoms. The van der Waals surface area contributed by atoms with Gasteiger partial charge in [-0.25, -0.2) is 0 Å². The van der Waals surface area contributed by atoms with Crippen molar-refractivity contribution in [3.63, 3.8) is 0 Å². The van der Waals surface area contributed by atoms with E-state index in [1.807, 2.05) is 6.07 Å². The molecule has 22 heavy (non-hydrogen) atoms. The molecule has 0 spiro atoms. The van der Waals surface area contributed by atoms with Crippen LogP contribution in [0.3, 0.4) is 0 Å². The largest absolute Gasteiger partial charge is 0.396 e. The number of halogens is 1. The van der Waals surface area contributed by atoms with E-state index in [-0.39, 0.29) is 12.5 Å². The van der Waals surface area contributed by atoms with Gasteiger partial charge in [-0.2, -0.15) is 0 Å². The maximum absolute atomic E-state index is 9.67. The van der Waals surface area contributed by atoms with Crippen LogP contribution in [0.4, 0.5) is 0 Å². The Morgan fingerprint density at radius 1 is 1.32 bits per heavy atom. The molecular formula is C19H30ClNO. The van der Waals surface area contributed by atoms with E-state index >= 15 is 0 Å². The predicted octanol–water partition coefficient (Wildman–Crippen LogP) is 4.66. The maximum Gasteiger partial charge on any atom is 0.0480 e. The summed E-state index contributed by atoms with van der Waals surface area (Å²) in [4.78, 5) is 0. The standard InChI is InChI=1S/C19H30ClNO/c1-18(2,3)11-9-14-7-8-15(12-17(14)20)19(21)10-5-4-6-16(19)13-22/h7-8,12,16,22H,4-6,9-11,13,21H2,1-3H3/t16-,19?/m0/s1. The lowest BCUT2D eigenvalue weighted by Crippen LogP contribution is -2.47. The SMILES string of the molecule is CC(C)(C)CCc1ccc(C2(N)CCCC[C@H]2CO)cc1Cl. The summed E-state index contributed by atoms with van der Waals surface area (Å²) in [7, 11) is 0. The maximum atomic E-state index is 9.67. The van der Waals surface area contributed by atoms with Crippen molar-refractivity contribution in [1.82, 2.24) is 0 Å². The third-order valence-corrected chi connectivity index (χ3v) is 5.43. The smallest absolute Gasteiger partial charge is 0.0480 e.